The van der Waals surface area contributed by atoms with E-state index in [9.17, 15) is 0 Å². The topological polar surface area (TPSA) is 33.0 Å². The van der Waals surface area contributed by atoms with E-state index in [2.05, 4.69) is 47.8 Å². The van der Waals surface area contributed by atoms with E-state index in [1.165, 1.54) is 21.2 Å². The maximum Gasteiger partial charge on any atom is 0.119 e. The Labute approximate surface area is 128 Å². The molecule has 104 valence electrons. The van der Waals surface area contributed by atoms with Crippen LogP contribution in [0, 0.1) is 11.3 Å². The van der Waals surface area contributed by atoms with E-state index >= 15 is 0 Å². The van der Waals surface area contributed by atoms with Crippen LogP contribution in [-0.2, 0) is 0 Å². The van der Waals surface area contributed by atoms with Crippen LogP contribution in [0.2, 0.25) is 0 Å². The summed E-state index contributed by atoms with van der Waals surface area (Å²) in [4.78, 5) is 0. The van der Waals surface area contributed by atoms with Gasteiger partial charge in [-0.1, -0.05) is 30.3 Å². The Morgan fingerprint density at radius 2 is 1.86 bits per heavy atom. The van der Waals surface area contributed by atoms with Gasteiger partial charge in [-0.3, -0.25) is 0 Å². The van der Waals surface area contributed by atoms with Crippen molar-refractivity contribution in [1.82, 2.24) is 0 Å². The standard InChI is InChI=1S/C18H15NOS/c19-11-3-4-12-20-15-9-7-14(8-10-15)17-13-21-18-6-2-1-5-16(17)18/h1-2,5-10,13H,3-4,12H2. The number of hydrogen-bond acceptors (Lipinski definition) is 3. The van der Waals surface area contributed by atoms with Crippen molar-refractivity contribution < 1.29 is 4.74 Å². The van der Waals surface area contributed by atoms with Gasteiger partial charge < -0.3 is 4.74 Å². The molecule has 0 aliphatic heterocycles. The van der Waals surface area contributed by atoms with Crippen molar-refractivity contribution in [3.05, 3.63) is 53.9 Å². The molecule has 3 heteroatoms. The molecule has 0 bridgehead atoms. The highest BCUT2D eigenvalue weighted by Crippen LogP contribution is 2.34. The van der Waals surface area contributed by atoms with Gasteiger partial charge in [-0.05, 0) is 35.6 Å². The number of fused-ring (bicyclic) bond motifs is 1. The summed E-state index contributed by atoms with van der Waals surface area (Å²) in [5.74, 6) is 0.858. The van der Waals surface area contributed by atoms with Crippen molar-refractivity contribution in [1.29, 1.82) is 5.26 Å². The highest BCUT2D eigenvalue weighted by atomic mass is 32.1. The van der Waals surface area contributed by atoms with Crippen molar-refractivity contribution >= 4 is 21.4 Å². The first-order chi connectivity index (χ1) is 10.4. The molecule has 1 heterocycles. The summed E-state index contributed by atoms with van der Waals surface area (Å²) in [5, 5.41) is 12.0. The molecule has 0 spiro atoms. The molecule has 2 aromatic carbocycles. The molecule has 0 atom stereocenters. The van der Waals surface area contributed by atoms with Crippen molar-refractivity contribution in [3.63, 3.8) is 0 Å². The Morgan fingerprint density at radius 3 is 2.67 bits per heavy atom. The molecule has 0 aliphatic carbocycles. The van der Waals surface area contributed by atoms with Crippen LogP contribution in [-0.4, -0.2) is 6.61 Å². The summed E-state index contributed by atoms with van der Waals surface area (Å²) in [6.45, 7) is 0.592. The van der Waals surface area contributed by atoms with E-state index in [0.717, 1.165) is 12.2 Å². The second kappa shape index (κ2) is 6.43. The quantitative estimate of drug-likeness (QED) is 0.602. The Kier molecular flexibility index (Phi) is 4.18. The minimum atomic E-state index is 0.541. The molecule has 0 saturated heterocycles. The summed E-state index contributed by atoms with van der Waals surface area (Å²) in [6.07, 6.45) is 1.31. The van der Waals surface area contributed by atoms with Gasteiger partial charge in [0.25, 0.3) is 0 Å². The Hall–Kier alpha value is -2.31. The third-order valence-electron chi connectivity index (χ3n) is 3.35. The number of hydrogen-bond donors (Lipinski definition) is 0. The molecule has 3 rings (SSSR count). The molecular weight excluding hydrogens is 278 g/mol. The van der Waals surface area contributed by atoms with Crippen LogP contribution in [0.5, 0.6) is 5.75 Å². The van der Waals surface area contributed by atoms with Crippen molar-refractivity contribution in [3.8, 4) is 22.9 Å². The fraction of sp³-hybridized carbons (Fsp3) is 0.167. The number of ether oxygens (including phenoxy) is 1. The van der Waals surface area contributed by atoms with Crippen LogP contribution in [0.25, 0.3) is 21.2 Å². The van der Waals surface area contributed by atoms with Gasteiger partial charge in [-0.25, -0.2) is 0 Å². The van der Waals surface area contributed by atoms with Gasteiger partial charge in [0.1, 0.15) is 5.75 Å². The zero-order chi connectivity index (χ0) is 14.5. The molecule has 0 N–H and O–H groups in total. The molecule has 1 aromatic heterocycles. The van der Waals surface area contributed by atoms with Crippen LogP contribution >= 0.6 is 11.3 Å². The summed E-state index contributed by atoms with van der Waals surface area (Å²) >= 11 is 1.77. The molecule has 21 heavy (non-hydrogen) atoms. The van der Waals surface area contributed by atoms with Crippen LogP contribution in [0.15, 0.2) is 53.9 Å². The number of nitriles is 1. The Morgan fingerprint density at radius 1 is 1.05 bits per heavy atom. The van der Waals surface area contributed by atoms with Gasteiger partial charge in [-0.2, -0.15) is 5.26 Å². The predicted octanol–water partition coefficient (Wildman–Crippen LogP) is 5.25. The second-order valence-electron chi connectivity index (χ2n) is 4.78. The summed E-state index contributed by atoms with van der Waals surface area (Å²) in [5.41, 5.74) is 2.48. The van der Waals surface area contributed by atoms with Crippen LogP contribution in [0.1, 0.15) is 12.8 Å². The number of unbranched alkanes of at least 4 members (excludes halogenated alkanes) is 1. The van der Waals surface area contributed by atoms with Gasteiger partial charge in [0.15, 0.2) is 0 Å². The summed E-state index contributed by atoms with van der Waals surface area (Å²) in [6, 6.07) is 18.7. The van der Waals surface area contributed by atoms with Crippen LogP contribution in [0.4, 0.5) is 0 Å². The van der Waals surface area contributed by atoms with E-state index in [-0.39, 0.29) is 0 Å². The zero-order valence-electron chi connectivity index (χ0n) is 11.6. The number of rotatable bonds is 5. The molecular formula is C18H15NOS. The Balaban J connectivity index is 1.76. The molecule has 0 amide bonds. The third-order valence-corrected chi connectivity index (χ3v) is 4.31. The molecule has 0 saturated carbocycles. The average Bonchev–Trinajstić information content (AvgIpc) is 2.96. The molecule has 0 fully saturated rings. The normalized spacial score (nSPS) is 10.4. The summed E-state index contributed by atoms with van der Waals surface area (Å²) in [7, 11) is 0. The lowest BCUT2D eigenvalue weighted by atomic mass is 10.0. The fourth-order valence-electron chi connectivity index (χ4n) is 2.27. The number of nitrogens with zero attached hydrogens (tertiary/aromatic N) is 1. The number of benzene rings is 2. The van der Waals surface area contributed by atoms with E-state index < -0.39 is 0 Å². The lowest BCUT2D eigenvalue weighted by Gasteiger charge is -2.06. The van der Waals surface area contributed by atoms with Gasteiger partial charge >= 0.3 is 0 Å². The second-order valence-corrected chi connectivity index (χ2v) is 5.69. The minimum Gasteiger partial charge on any atom is -0.494 e. The van der Waals surface area contributed by atoms with Gasteiger partial charge in [-0.15, -0.1) is 11.3 Å². The minimum absolute atomic E-state index is 0.541. The van der Waals surface area contributed by atoms with E-state index in [1.54, 1.807) is 11.3 Å². The predicted molar refractivity (Wildman–Crippen MR) is 87.6 cm³/mol. The first kappa shape index (κ1) is 13.7. The van der Waals surface area contributed by atoms with Crippen molar-refractivity contribution in [2.24, 2.45) is 0 Å². The van der Waals surface area contributed by atoms with E-state index in [0.29, 0.717) is 13.0 Å². The largest absolute Gasteiger partial charge is 0.494 e. The van der Waals surface area contributed by atoms with E-state index in [1.807, 2.05) is 12.1 Å². The smallest absolute Gasteiger partial charge is 0.119 e. The lowest BCUT2D eigenvalue weighted by Crippen LogP contribution is -1.96. The monoisotopic (exact) mass is 293 g/mol. The van der Waals surface area contributed by atoms with Crippen LogP contribution < -0.4 is 4.74 Å². The molecule has 0 radical (unpaired) electrons. The molecule has 3 aromatic rings. The zero-order valence-corrected chi connectivity index (χ0v) is 12.4. The highest BCUT2D eigenvalue weighted by molar-refractivity contribution is 7.17. The molecule has 0 aliphatic rings. The van der Waals surface area contributed by atoms with Gasteiger partial charge in [0, 0.05) is 22.1 Å². The first-order valence-corrected chi connectivity index (χ1v) is 7.83. The highest BCUT2D eigenvalue weighted by Gasteiger charge is 2.05. The first-order valence-electron chi connectivity index (χ1n) is 6.95. The average molecular weight is 293 g/mol. The molecule has 2 nitrogen and oxygen atoms in total. The Bertz CT molecular complexity index is 768. The van der Waals surface area contributed by atoms with Crippen molar-refractivity contribution in [2.45, 2.75) is 12.8 Å². The van der Waals surface area contributed by atoms with Gasteiger partial charge in [0.2, 0.25) is 0 Å². The fourth-order valence-corrected chi connectivity index (χ4v) is 3.24. The SMILES string of the molecule is N#CCCCOc1ccc(-c2csc3ccccc23)cc1. The van der Waals surface area contributed by atoms with Crippen LogP contribution in [0.3, 0.4) is 0 Å². The number of thiophene rings is 1. The van der Waals surface area contributed by atoms with E-state index in [4.69, 9.17) is 10.00 Å². The maximum atomic E-state index is 8.49. The molecule has 0 unspecified atom stereocenters. The lowest BCUT2D eigenvalue weighted by molar-refractivity contribution is 0.313. The maximum absolute atomic E-state index is 8.49. The van der Waals surface area contributed by atoms with Crippen molar-refractivity contribution in [2.75, 3.05) is 6.61 Å². The summed E-state index contributed by atoms with van der Waals surface area (Å²) < 4.78 is 6.93. The third kappa shape index (κ3) is 3.07. The van der Waals surface area contributed by atoms with Gasteiger partial charge in [0.05, 0.1) is 12.7 Å².